The molecule has 0 aliphatic carbocycles. The number of fused-ring (bicyclic) bond motifs is 1. The van der Waals surface area contributed by atoms with E-state index in [-0.39, 0.29) is 5.54 Å². The molecule has 2 aromatic rings. The molecule has 3 rings (SSSR count). The molecule has 1 aromatic heterocycles. The molecule has 0 unspecified atom stereocenters. The number of para-hydroxylation sites is 1. The summed E-state index contributed by atoms with van der Waals surface area (Å²) in [5, 5.41) is 9.51. The lowest BCUT2D eigenvalue weighted by Gasteiger charge is -2.38. The Kier molecular flexibility index (Phi) is 3.07. The molecule has 0 saturated carbocycles. The van der Waals surface area contributed by atoms with E-state index in [1.165, 1.54) is 16.6 Å². The minimum absolute atomic E-state index is 0.197. The number of piperazine rings is 1. The maximum atomic E-state index is 4.69. The van der Waals surface area contributed by atoms with E-state index in [1.54, 1.807) is 0 Å². The Hall–Kier alpha value is -1.39. The van der Waals surface area contributed by atoms with Crippen LogP contribution >= 0.6 is 0 Å². The van der Waals surface area contributed by atoms with Gasteiger partial charge in [-0.3, -0.25) is 9.58 Å². The predicted molar refractivity (Wildman–Crippen MR) is 78.1 cm³/mol. The molecule has 19 heavy (non-hydrogen) atoms. The smallest absolute Gasteiger partial charge is 0.0843 e. The molecule has 0 amide bonds. The highest BCUT2D eigenvalue weighted by Gasteiger charge is 2.26. The van der Waals surface area contributed by atoms with E-state index in [4.69, 9.17) is 0 Å². The quantitative estimate of drug-likeness (QED) is 0.891. The fourth-order valence-corrected chi connectivity index (χ4v) is 3.00. The van der Waals surface area contributed by atoms with E-state index in [0.717, 1.165) is 26.2 Å². The van der Waals surface area contributed by atoms with E-state index < -0.39 is 0 Å². The van der Waals surface area contributed by atoms with Gasteiger partial charge in [-0.15, -0.1) is 0 Å². The summed E-state index contributed by atoms with van der Waals surface area (Å²) in [4.78, 5) is 2.49. The topological polar surface area (TPSA) is 33.1 Å². The number of benzene rings is 1. The molecule has 1 N–H and O–H groups in total. The number of rotatable bonds is 2. The molecule has 0 bridgehead atoms. The summed E-state index contributed by atoms with van der Waals surface area (Å²) >= 11 is 0. The van der Waals surface area contributed by atoms with Gasteiger partial charge < -0.3 is 5.32 Å². The number of aromatic nitrogens is 2. The van der Waals surface area contributed by atoms with Crippen molar-refractivity contribution in [2.24, 2.45) is 7.05 Å². The highest BCUT2D eigenvalue weighted by molar-refractivity contribution is 5.81. The monoisotopic (exact) mass is 258 g/mol. The van der Waals surface area contributed by atoms with E-state index in [0.29, 0.717) is 0 Å². The summed E-state index contributed by atoms with van der Waals surface area (Å²) in [7, 11) is 2.02. The second-order valence-corrected chi connectivity index (χ2v) is 6.11. The van der Waals surface area contributed by atoms with Gasteiger partial charge in [0, 0.05) is 44.2 Å². The van der Waals surface area contributed by atoms with Gasteiger partial charge in [-0.25, -0.2) is 0 Å². The molecule has 2 heterocycles. The zero-order valence-electron chi connectivity index (χ0n) is 12.0. The number of hydrogen-bond donors (Lipinski definition) is 1. The van der Waals surface area contributed by atoms with E-state index in [9.17, 15) is 0 Å². The van der Waals surface area contributed by atoms with Crippen LogP contribution in [-0.2, 0) is 13.6 Å². The van der Waals surface area contributed by atoms with E-state index in [2.05, 4.69) is 53.4 Å². The first kappa shape index (κ1) is 12.6. The van der Waals surface area contributed by atoms with Gasteiger partial charge in [0.2, 0.25) is 0 Å². The van der Waals surface area contributed by atoms with Gasteiger partial charge in [-0.2, -0.15) is 5.10 Å². The van der Waals surface area contributed by atoms with Crippen molar-refractivity contribution in [1.29, 1.82) is 0 Å². The number of nitrogens with zero attached hydrogens (tertiary/aromatic N) is 3. The minimum atomic E-state index is 0.197. The van der Waals surface area contributed by atoms with Crippen molar-refractivity contribution in [3.8, 4) is 0 Å². The number of aryl methyl sites for hydroxylation is 1. The lowest BCUT2D eigenvalue weighted by atomic mass is 10.0. The third-order valence-corrected chi connectivity index (χ3v) is 3.86. The van der Waals surface area contributed by atoms with Crippen LogP contribution in [0.3, 0.4) is 0 Å². The van der Waals surface area contributed by atoms with Gasteiger partial charge in [0.25, 0.3) is 0 Å². The summed E-state index contributed by atoms with van der Waals surface area (Å²) in [6.07, 6.45) is 0. The highest BCUT2D eigenvalue weighted by atomic mass is 15.3. The third kappa shape index (κ3) is 2.51. The molecule has 1 aliphatic heterocycles. The van der Waals surface area contributed by atoms with Gasteiger partial charge >= 0.3 is 0 Å². The van der Waals surface area contributed by atoms with Crippen LogP contribution in [0.5, 0.6) is 0 Å². The molecule has 102 valence electrons. The maximum Gasteiger partial charge on any atom is 0.0843 e. The summed E-state index contributed by atoms with van der Waals surface area (Å²) < 4.78 is 1.98. The molecular weight excluding hydrogens is 236 g/mol. The fourth-order valence-electron chi connectivity index (χ4n) is 3.00. The van der Waals surface area contributed by atoms with Crippen molar-refractivity contribution in [2.75, 3.05) is 19.6 Å². The van der Waals surface area contributed by atoms with Crippen LogP contribution in [0.15, 0.2) is 24.3 Å². The van der Waals surface area contributed by atoms with Crippen molar-refractivity contribution in [2.45, 2.75) is 25.9 Å². The predicted octanol–water partition coefficient (Wildman–Crippen LogP) is 1.76. The number of nitrogens with one attached hydrogen (secondary N) is 1. The lowest BCUT2D eigenvalue weighted by molar-refractivity contribution is 0.147. The van der Waals surface area contributed by atoms with E-state index >= 15 is 0 Å². The molecule has 0 spiro atoms. The highest BCUT2D eigenvalue weighted by Crippen LogP contribution is 2.20. The fraction of sp³-hybridized carbons (Fsp3) is 0.533. The Balaban J connectivity index is 1.85. The van der Waals surface area contributed by atoms with Gasteiger partial charge in [-0.1, -0.05) is 18.2 Å². The molecule has 1 aromatic carbocycles. The Morgan fingerprint density at radius 2 is 2.11 bits per heavy atom. The van der Waals surface area contributed by atoms with E-state index in [1.807, 2.05) is 11.7 Å². The average molecular weight is 258 g/mol. The molecule has 1 aliphatic rings. The average Bonchev–Trinajstić information content (AvgIpc) is 2.66. The molecule has 0 radical (unpaired) electrons. The normalized spacial score (nSPS) is 19.9. The van der Waals surface area contributed by atoms with Crippen LogP contribution in [0, 0.1) is 0 Å². The number of hydrogen-bond acceptors (Lipinski definition) is 3. The molecule has 1 saturated heterocycles. The Bertz CT molecular complexity index is 585. The van der Waals surface area contributed by atoms with Crippen molar-refractivity contribution >= 4 is 10.9 Å². The molecule has 4 heteroatoms. The van der Waals surface area contributed by atoms with Gasteiger partial charge in [0.15, 0.2) is 0 Å². The Morgan fingerprint density at radius 1 is 1.32 bits per heavy atom. The zero-order valence-corrected chi connectivity index (χ0v) is 12.0. The van der Waals surface area contributed by atoms with Crippen LogP contribution in [0.1, 0.15) is 19.5 Å². The molecule has 1 fully saturated rings. The van der Waals surface area contributed by atoms with Crippen molar-refractivity contribution in [1.82, 2.24) is 20.0 Å². The Labute approximate surface area is 114 Å². The Morgan fingerprint density at radius 3 is 2.89 bits per heavy atom. The third-order valence-electron chi connectivity index (χ3n) is 3.86. The zero-order chi connectivity index (χ0) is 13.5. The summed E-state index contributed by atoms with van der Waals surface area (Å²) in [6.45, 7) is 8.67. The van der Waals surface area contributed by atoms with Gasteiger partial charge in [0.1, 0.15) is 0 Å². The maximum absolute atomic E-state index is 4.69. The first-order valence-corrected chi connectivity index (χ1v) is 6.93. The summed E-state index contributed by atoms with van der Waals surface area (Å²) in [5.74, 6) is 0. The van der Waals surface area contributed by atoms with Crippen LogP contribution in [-0.4, -0.2) is 39.9 Å². The van der Waals surface area contributed by atoms with Crippen molar-refractivity contribution < 1.29 is 0 Å². The molecule has 4 nitrogen and oxygen atoms in total. The first-order chi connectivity index (χ1) is 9.05. The van der Waals surface area contributed by atoms with Crippen LogP contribution in [0.25, 0.3) is 10.9 Å². The minimum Gasteiger partial charge on any atom is -0.309 e. The van der Waals surface area contributed by atoms with Crippen molar-refractivity contribution in [3.63, 3.8) is 0 Å². The van der Waals surface area contributed by atoms with Crippen LogP contribution in [0.2, 0.25) is 0 Å². The SMILES string of the molecule is Cn1nc(CN2CCNC(C)(C)C2)c2ccccc21. The van der Waals surface area contributed by atoms with Crippen LogP contribution in [0.4, 0.5) is 0 Å². The second-order valence-electron chi connectivity index (χ2n) is 6.11. The van der Waals surface area contributed by atoms with Crippen LogP contribution < -0.4 is 5.32 Å². The standard InChI is InChI=1S/C15H22N4/c1-15(2)11-19(9-8-16-15)10-13-12-6-4-5-7-14(12)18(3)17-13/h4-7,16H,8-11H2,1-3H3. The summed E-state index contributed by atoms with van der Waals surface area (Å²) in [6, 6.07) is 8.47. The molecule has 0 atom stereocenters. The second kappa shape index (κ2) is 4.62. The van der Waals surface area contributed by atoms with Gasteiger partial charge in [-0.05, 0) is 19.9 Å². The lowest BCUT2D eigenvalue weighted by Crippen LogP contribution is -2.56. The van der Waals surface area contributed by atoms with Crippen molar-refractivity contribution in [3.05, 3.63) is 30.0 Å². The summed E-state index contributed by atoms with van der Waals surface area (Å²) in [5.41, 5.74) is 2.60. The van der Waals surface area contributed by atoms with Gasteiger partial charge in [0.05, 0.1) is 11.2 Å². The molecular formula is C15H22N4. The first-order valence-electron chi connectivity index (χ1n) is 6.93. The largest absolute Gasteiger partial charge is 0.309 e.